The molecule has 2 heterocycles. The highest BCUT2D eigenvalue weighted by Crippen LogP contribution is 2.18. The molecule has 2 aliphatic rings. The Morgan fingerprint density at radius 1 is 1.26 bits per heavy atom. The quantitative estimate of drug-likeness (QED) is 0.539. The van der Waals surface area contributed by atoms with Gasteiger partial charge in [0, 0.05) is 38.1 Å². The number of hydrogen-bond acceptors (Lipinski definition) is 4. The molecule has 0 radical (unpaired) electrons. The van der Waals surface area contributed by atoms with Gasteiger partial charge in [-0.25, -0.2) is 0 Å². The average molecular weight is 377 g/mol. The number of nitrogens with zero attached hydrogens (tertiary/aromatic N) is 2. The lowest BCUT2D eigenvalue weighted by molar-refractivity contribution is 0.00867. The van der Waals surface area contributed by atoms with E-state index in [2.05, 4.69) is 29.4 Å². The number of hydrogen-bond donors (Lipinski definition) is 2. The first-order valence-corrected chi connectivity index (χ1v) is 10.6. The van der Waals surface area contributed by atoms with Gasteiger partial charge in [-0.1, -0.05) is 26.7 Å². The Morgan fingerprint density at radius 2 is 2.04 bits per heavy atom. The number of guanidine groups is 1. The van der Waals surface area contributed by atoms with E-state index < -0.39 is 0 Å². The molecule has 152 valence electrons. The van der Waals surface area contributed by atoms with Crippen LogP contribution in [0.25, 0.3) is 0 Å². The molecule has 0 bridgehead atoms. The van der Waals surface area contributed by atoms with Crippen LogP contribution >= 0.6 is 0 Å². The summed E-state index contributed by atoms with van der Waals surface area (Å²) >= 11 is 0. The van der Waals surface area contributed by atoms with Gasteiger partial charge in [-0.05, 0) is 30.9 Å². The van der Waals surface area contributed by atoms with Crippen molar-refractivity contribution in [3.63, 3.8) is 0 Å². The third-order valence-corrected chi connectivity index (χ3v) is 5.66. The van der Waals surface area contributed by atoms with Crippen molar-refractivity contribution in [1.29, 1.82) is 0 Å². The molecule has 6 nitrogen and oxygen atoms in total. The Morgan fingerprint density at radius 3 is 2.70 bits per heavy atom. The van der Waals surface area contributed by atoms with Crippen LogP contribution in [0.5, 0.6) is 0 Å². The third kappa shape index (κ3) is 6.54. The fraction of sp³-hybridized carbons (Fsp3) is 0.762. The van der Waals surface area contributed by atoms with Crippen LogP contribution in [0, 0.1) is 5.92 Å². The van der Waals surface area contributed by atoms with E-state index in [9.17, 15) is 0 Å². The van der Waals surface area contributed by atoms with Gasteiger partial charge in [0.15, 0.2) is 5.96 Å². The zero-order chi connectivity index (χ0) is 18.9. The summed E-state index contributed by atoms with van der Waals surface area (Å²) in [6.07, 6.45) is 7.73. The van der Waals surface area contributed by atoms with Crippen molar-refractivity contribution in [2.45, 2.75) is 58.0 Å². The van der Waals surface area contributed by atoms with Crippen LogP contribution in [0.4, 0.5) is 0 Å². The summed E-state index contributed by atoms with van der Waals surface area (Å²) in [5.74, 6) is 2.53. The van der Waals surface area contributed by atoms with Gasteiger partial charge in [-0.3, -0.25) is 9.89 Å². The molecule has 0 aromatic carbocycles. The minimum Gasteiger partial charge on any atom is -0.469 e. The Balaban J connectivity index is 1.57. The fourth-order valence-corrected chi connectivity index (χ4v) is 4.02. The maximum absolute atomic E-state index is 5.52. The van der Waals surface area contributed by atoms with Crippen molar-refractivity contribution in [3.8, 4) is 0 Å². The molecule has 1 aliphatic carbocycles. The molecule has 2 fully saturated rings. The molecule has 2 N–H and O–H groups in total. The second-order valence-corrected chi connectivity index (χ2v) is 8.03. The molecule has 1 saturated heterocycles. The maximum atomic E-state index is 5.52. The van der Waals surface area contributed by atoms with Crippen molar-refractivity contribution in [3.05, 3.63) is 24.2 Å². The lowest BCUT2D eigenvalue weighted by Crippen LogP contribution is -2.48. The van der Waals surface area contributed by atoms with Crippen LogP contribution in [0.3, 0.4) is 0 Å². The number of morpholine rings is 1. The summed E-state index contributed by atoms with van der Waals surface area (Å²) < 4.78 is 11.0. The van der Waals surface area contributed by atoms with E-state index in [1.807, 2.05) is 12.1 Å². The first kappa shape index (κ1) is 20.2. The van der Waals surface area contributed by atoms with Crippen LogP contribution in [0.15, 0.2) is 27.8 Å². The van der Waals surface area contributed by atoms with Gasteiger partial charge < -0.3 is 19.8 Å². The first-order valence-electron chi connectivity index (χ1n) is 10.6. The van der Waals surface area contributed by atoms with E-state index in [0.717, 1.165) is 57.5 Å². The molecular weight excluding hydrogens is 340 g/mol. The molecule has 0 spiro atoms. The van der Waals surface area contributed by atoms with E-state index in [-0.39, 0.29) is 0 Å². The SMILES string of the molecule is CC(C)C(CN=C(NCCc1ccco1)NC1CCCC1)N1CCOCC1. The summed E-state index contributed by atoms with van der Waals surface area (Å²) in [6.45, 7) is 9.93. The number of furan rings is 1. The molecule has 1 aliphatic heterocycles. The van der Waals surface area contributed by atoms with Crippen LogP contribution in [-0.4, -0.2) is 62.3 Å². The molecule has 6 heteroatoms. The monoisotopic (exact) mass is 376 g/mol. The van der Waals surface area contributed by atoms with E-state index in [4.69, 9.17) is 14.1 Å². The summed E-state index contributed by atoms with van der Waals surface area (Å²) in [7, 11) is 0. The van der Waals surface area contributed by atoms with E-state index in [0.29, 0.717) is 18.0 Å². The van der Waals surface area contributed by atoms with Gasteiger partial charge in [0.2, 0.25) is 0 Å². The summed E-state index contributed by atoms with van der Waals surface area (Å²) in [6, 6.07) is 4.98. The van der Waals surface area contributed by atoms with Crippen molar-refractivity contribution in [2.75, 3.05) is 39.4 Å². The number of nitrogens with one attached hydrogen (secondary N) is 2. The van der Waals surface area contributed by atoms with E-state index >= 15 is 0 Å². The zero-order valence-electron chi connectivity index (χ0n) is 17.0. The number of ether oxygens (including phenoxy) is 1. The molecule has 1 aromatic heterocycles. The van der Waals surface area contributed by atoms with Crippen LogP contribution in [0.1, 0.15) is 45.3 Å². The predicted octanol–water partition coefficient (Wildman–Crippen LogP) is 2.66. The second kappa shape index (κ2) is 10.7. The van der Waals surface area contributed by atoms with E-state index in [1.54, 1.807) is 6.26 Å². The highest BCUT2D eigenvalue weighted by molar-refractivity contribution is 5.80. The predicted molar refractivity (Wildman–Crippen MR) is 109 cm³/mol. The summed E-state index contributed by atoms with van der Waals surface area (Å²) in [5.41, 5.74) is 0. The smallest absolute Gasteiger partial charge is 0.191 e. The molecule has 0 amide bonds. The molecule has 1 unspecified atom stereocenters. The molecule has 27 heavy (non-hydrogen) atoms. The summed E-state index contributed by atoms with van der Waals surface area (Å²) in [5, 5.41) is 7.18. The van der Waals surface area contributed by atoms with Gasteiger partial charge in [0.05, 0.1) is 26.0 Å². The van der Waals surface area contributed by atoms with Gasteiger partial charge in [-0.2, -0.15) is 0 Å². The largest absolute Gasteiger partial charge is 0.469 e. The zero-order valence-corrected chi connectivity index (χ0v) is 17.0. The van der Waals surface area contributed by atoms with Gasteiger partial charge in [-0.15, -0.1) is 0 Å². The first-order chi connectivity index (χ1) is 13.2. The second-order valence-electron chi connectivity index (χ2n) is 8.03. The molecule has 1 saturated carbocycles. The van der Waals surface area contributed by atoms with Gasteiger partial charge in [0.1, 0.15) is 5.76 Å². The summed E-state index contributed by atoms with van der Waals surface area (Å²) in [4.78, 5) is 7.52. The van der Waals surface area contributed by atoms with Crippen molar-refractivity contribution >= 4 is 5.96 Å². The molecule has 1 aromatic rings. The third-order valence-electron chi connectivity index (χ3n) is 5.66. The standard InChI is InChI=1S/C21H36N4O2/c1-17(2)20(25-11-14-26-15-12-25)16-23-21(24-18-6-3-4-7-18)22-10-9-19-8-5-13-27-19/h5,8,13,17-18,20H,3-4,6-7,9-12,14-16H2,1-2H3,(H2,22,23,24). The maximum Gasteiger partial charge on any atom is 0.191 e. The Labute approximate surface area is 163 Å². The van der Waals surface area contributed by atoms with Crippen molar-refractivity contribution in [1.82, 2.24) is 15.5 Å². The highest BCUT2D eigenvalue weighted by Gasteiger charge is 2.24. The highest BCUT2D eigenvalue weighted by atomic mass is 16.5. The van der Waals surface area contributed by atoms with Crippen molar-refractivity contribution < 1.29 is 9.15 Å². The van der Waals surface area contributed by atoms with Crippen LogP contribution < -0.4 is 10.6 Å². The van der Waals surface area contributed by atoms with Crippen LogP contribution in [-0.2, 0) is 11.2 Å². The lowest BCUT2D eigenvalue weighted by atomic mass is 10.0. The lowest BCUT2D eigenvalue weighted by Gasteiger charge is -2.36. The van der Waals surface area contributed by atoms with Crippen LogP contribution in [0.2, 0.25) is 0 Å². The number of rotatable bonds is 8. The molecule has 1 atom stereocenters. The molecular formula is C21H36N4O2. The normalized spacial score (nSPS) is 20.9. The molecule has 3 rings (SSSR count). The Kier molecular flexibility index (Phi) is 8.02. The fourth-order valence-electron chi connectivity index (χ4n) is 4.02. The van der Waals surface area contributed by atoms with Crippen molar-refractivity contribution in [2.24, 2.45) is 10.9 Å². The van der Waals surface area contributed by atoms with Gasteiger partial charge in [0.25, 0.3) is 0 Å². The minimum absolute atomic E-state index is 0.459. The Hall–Kier alpha value is -1.53. The van der Waals surface area contributed by atoms with E-state index in [1.165, 1.54) is 25.7 Å². The van der Waals surface area contributed by atoms with Gasteiger partial charge >= 0.3 is 0 Å². The Bertz CT molecular complexity index is 547. The topological polar surface area (TPSA) is 62.0 Å². The average Bonchev–Trinajstić information content (AvgIpc) is 3.36. The minimum atomic E-state index is 0.459. The number of aliphatic imine (C=N–C) groups is 1.